The van der Waals surface area contributed by atoms with Crippen LogP contribution < -0.4 is 0 Å². The van der Waals surface area contributed by atoms with Crippen LogP contribution in [0.4, 0.5) is 0 Å². The van der Waals surface area contributed by atoms with E-state index in [2.05, 4.69) is 24.0 Å². The molecule has 0 aliphatic heterocycles. The van der Waals surface area contributed by atoms with E-state index in [-0.39, 0.29) is 17.6 Å². The van der Waals surface area contributed by atoms with Crippen molar-refractivity contribution in [2.75, 3.05) is 5.75 Å². The third-order valence-electron chi connectivity index (χ3n) is 2.34. The van der Waals surface area contributed by atoms with E-state index in [4.69, 9.17) is 4.52 Å². The minimum atomic E-state index is -0.360. The van der Waals surface area contributed by atoms with E-state index in [1.807, 2.05) is 20.8 Å². The maximum Gasteiger partial charge on any atom is 0.234 e. The van der Waals surface area contributed by atoms with Crippen molar-refractivity contribution in [2.24, 2.45) is 11.3 Å². The van der Waals surface area contributed by atoms with Gasteiger partial charge in [-0.05, 0) is 11.7 Å². The van der Waals surface area contributed by atoms with Gasteiger partial charge in [-0.25, -0.2) is 0 Å². The Bertz CT molecular complexity index is 394. The van der Waals surface area contributed by atoms with Gasteiger partial charge in [-0.3, -0.25) is 4.79 Å². The Morgan fingerprint density at radius 3 is 2.61 bits per heavy atom. The van der Waals surface area contributed by atoms with Crippen LogP contribution in [0.2, 0.25) is 0 Å². The highest BCUT2D eigenvalue weighted by atomic mass is 32.2. The summed E-state index contributed by atoms with van der Waals surface area (Å²) in [6, 6.07) is 0. The summed E-state index contributed by atoms with van der Waals surface area (Å²) in [6.45, 7) is 10.0. The molecule has 102 valence electrons. The molecule has 0 radical (unpaired) electrons. The summed E-state index contributed by atoms with van der Waals surface area (Å²) in [4.78, 5) is 16.1. The fourth-order valence-corrected chi connectivity index (χ4v) is 2.10. The van der Waals surface area contributed by atoms with E-state index < -0.39 is 0 Å². The highest BCUT2D eigenvalue weighted by molar-refractivity contribution is 7.98. The summed E-state index contributed by atoms with van der Waals surface area (Å²) >= 11 is 1.78. The number of carbonyl (C=O) groups is 1. The van der Waals surface area contributed by atoms with E-state index in [0.29, 0.717) is 17.6 Å². The molecule has 0 bridgehead atoms. The van der Waals surface area contributed by atoms with Gasteiger partial charge in [-0.2, -0.15) is 16.7 Å². The zero-order valence-corrected chi connectivity index (χ0v) is 12.6. The average Bonchev–Trinajstić information content (AvgIpc) is 2.63. The fraction of sp³-hybridized carbons (Fsp3) is 0.769. The van der Waals surface area contributed by atoms with Crippen molar-refractivity contribution >= 4 is 17.5 Å². The first-order valence-electron chi connectivity index (χ1n) is 6.21. The Kier molecular flexibility index (Phi) is 5.38. The molecule has 4 nitrogen and oxygen atoms in total. The first-order chi connectivity index (χ1) is 8.29. The number of hydrogen-bond acceptors (Lipinski definition) is 5. The van der Waals surface area contributed by atoms with Crippen LogP contribution in [0.1, 0.15) is 46.3 Å². The number of thioether (sulfide) groups is 1. The molecule has 0 spiro atoms. The SMILES string of the molecule is CC(C)CSCc1noc(CC(=O)C(C)(C)C)n1. The van der Waals surface area contributed by atoms with Gasteiger partial charge in [0, 0.05) is 5.41 Å². The molecule has 0 amide bonds. The summed E-state index contributed by atoms with van der Waals surface area (Å²) in [5.41, 5.74) is -0.360. The van der Waals surface area contributed by atoms with E-state index in [1.54, 1.807) is 11.8 Å². The standard InChI is InChI=1S/C13H22N2O2S/c1-9(2)7-18-8-11-14-12(17-15-11)6-10(16)13(3,4)5/h9H,6-8H2,1-5H3. The number of carbonyl (C=O) groups excluding carboxylic acids is 1. The largest absolute Gasteiger partial charge is 0.339 e. The van der Waals surface area contributed by atoms with E-state index >= 15 is 0 Å². The molecule has 5 heteroatoms. The second-order valence-corrected chi connectivity index (χ2v) is 6.89. The van der Waals surface area contributed by atoms with E-state index in [9.17, 15) is 4.79 Å². The van der Waals surface area contributed by atoms with Gasteiger partial charge in [0.25, 0.3) is 0 Å². The predicted octanol–water partition coefficient (Wildman–Crippen LogP) is 3.12. The monoisotopic (exact) mass is 270 g/mol. The quantitative estimate of drug-likeness (QED) is 0.795. The highest BCUT2D eigenvalue weighted by Crippen LogP contribution is 2.18. The number of Topliss-reactive ketones (excluding diaryl/α,β-unsaturated/α-hetero) is 1. The molecule has 0 aromatic carbocycles. The molecule has 0 saturated carbocycles. The predicted molar refractivity (Wildman–Crippen MR) is 73.5 cm³/mol. The van der Waals surface area contributed by atoms with Crippen LogP contribution in [-0.4, -0.2) is 21.7 Å². The van der Waals surface area contributed by atoms with Crippen LogP contribution in [0.15, 0.2) is 4.52 Å². The third kappa shape index (κ3) is 5.21. The number of rotatable bonds is 6. The van der Waals surface area contributed by atoms with Crippen LogP contribution in [-0.2, 0) is 17.0 Å². The van der Waals surface area contributed by atoms with Gasteiger partial charge >= 0.3 is 0 Å². The van der Waals surface area contributed by atoms with Crippen molar-refractivity contribution in [2.45, 2.75) is 46.8 Å². The lowest BCUT2D eigenvalue weighted by molar-refractivity contribution is -0.125. The highest BCUT2D eigenvalue weighted by Gasteiger charge is 2.23. The van der Waals surface area contributed by atoms with Crippen LogP contribution in [0.3, 0.4) is 0 Å². The molecule has 0 unspecified atom stereocenters. The molecule has 0 aliphatic rings. The van der Waals surface area contributed by atoms with Crippen LogP contribution in [0.25, 0.3) is 0 Å². The van der Waals surface area contributed by atoms with Gasteiger partial charge in [-0.1, -0.05) is 39.8 Å². The summed E-state index contributed by atoms with van der Waals surface area (Å²) in [5.74, 6) is 3.69. The van der Waals surface area contributed by atoms with Crippen LogP contribution in [0.5, 0.6) is 0 Å². The van der Waals surface area contributed by atoms with Gasteiger partial charge in [0.2, 0.25) is 5.89 Å². The molecule has 1 aromatic rings. The van der Waals surface area contributed by atoms with Gasteiger partial charge in [0.05, 0.1) is 12.2 Å². The van der Waals surface area contributed by atoms with Crippen LogP contribution in [0, 0.1) is 11.3 Å². The lowest BCUT2D eigenvalue weighted by Crippen LogP contribution is -2.22. The first-order valence-corrected chi connectivity index (χ1v) is 7.37. The minimum absolute atomic E-state index is 0.118. The van der Waals surface area contributed by atoms with Crippen molar-refractivity contribution in [3.8, 4) is 0 Å². The smallest absolute Gasteiger partial charge is 0.234 e. The van der Waals surface area contributed by atoms with Crippen molar-refractivity contribution in [1.29, 1.82) is 0 Å². The molecule has 0 aliphatic carbocycles. The number of nitrogens with zero attached hydrogens (tertiary/aromatic N) is 2. The maximum atomic E-state index is 11.8. The Labute approximate surface area is 113 Å². The zero-order valence-electron chi connectivity index (χ0n) is 11.8. The van der Waals surface area contributed by atoms with Crippen LogP contribution >= 0.6 is 11.8 Å². The molecule has 0 N–H and O–H groups in total. The number of hydrogen-bond donors (Lipinski definition) is 0. The molecule has 0 fully saturated rings. The Morgan fingerprint density at radius 2 is 2.06 bits per heavy atom. The van der Waals surface area contributed by atoms with Crippen molar-refractivity contribution < 1.29 is 9.32 Å². The Morgan fingerprint density at radius 1 is 1.39 bits per heavy atom. The summed E-state index contributed by atoms with van der Waals surface area (Å²) in [5, 5.41) is 3.89. The van der Waals surface area contributed by atoms with Gasteiger partial charge in [-0.15, -0.1) is 0 Å². The molecular formula is C13H22N2O2S. The lowest BCUT2D eigenvalue weighted by Gasteiger charge is -2.14. The fourth-order valence-electron chi connectivity index (χ4n) is 1.21. The Hall–Kier alpha value is -0.840. The molecule has 1 rings (SSSR count). The maximum absolute atomic E-state index is 11.8. The average molecular weight is 270 g/mol. The molecule has 0 atom stereocenters. The molecule has 1 heterocycles. The normalized spacial score (nSPS) is 12.1. The van der Waals surface area contributed by atoms with Crippen molar-refractivity contribution in [3.63, 3.8) is 0 Å². The van der Waals surface area contributed by atoms with Crippen molar-refractivity contribution in [3.05, 3.63) is 11.7 Å². The first kappa shape index (κ1) is 15.2. The number of aromatic nitrogens is 2. The zero-order chi connectivity index (χ0) is 13.8. The van der Waals surface area contributed by atoms with Crippen molar-refractivity contribution in [1.82, 2.24) is 10.1 Å². The lowest BCUT2D eigenvalue weighted by atomic mass is 9.89. The van der Waals surface area contributed by atoms with Gasteiger partial charge in [0.15, 0.2) is 5.82 Å². The van der Waals surface area contributed by atoms with E-state index in [0.717, 1.165) is 11.5 Å². The topological polar surface area (TPSA) is 56.0 Å². The molecule has 1 aromatic heterocycles. The molecule has 18 heavy (non-hydrogen) atoms. The van der Waals surface area contributed by atoms with Gasteiger partial charge < -0.3 is 4.52 Å². The van der Waals surface area contributed by atoms with E-state index in [1.165, 1.54) is 0 Å². The summed E-state index contributed by atoms with van der Waals surface area (Å²) < 4.78 is 5.09. The molecule has 0 saturated heterocycles. The summed E-state index contributed by atoms with van der Waals surface area (Å²) in [7, 11) is 0. The Balaban J connectivity index is 2.46. The minimum Gasteiger partial charge on any atom is -0.339 e. The molecular weight excluding hydrogens is 248 g/mol. The second-order valence-electron chi connectivity index (χ2n) is 5.86. The number of ketones is 1. The second kappa shape index (κ2) is 6.36. The summed E-state index contributed by atoms with van der Waals surface area (Å²) in [6.07, 6.45) is 0.228. The third-order valence-corrected chi connectivity index (χ3v) is 3.71. The van der Waals surface area contributed by atoms with Gasteiger partial charge in [0.1, 0.15) is 5.78 Å².